The van der Waals surface area contributed by atoms with Gasteiger partial charge in [0, 0.05) is 16.7 Å². The molecule has 3 rings (SSSR count). The van der Waals surface area contributed by atoms with E-state index in [0.29, 0.717) is 27.9 Å². The number of anilines is 1. The zero-order valence-corrected chi connectivity index (χ0v) is 11.5. The molecule has 0 unspecified atom stereocenters. The lowest BCUT2D eigenvalue weighted by molar-refractivity contribution is 0.101. The van der Waals surface area contributed by atoms with Crippen LogP contribution in [0.4, 0.5) is 5.69 Å². The Balaban J connectivity index is 1.94. The van der Waals surface area contributed by atoms with Gasteiger partial charge in [0.1, 0.15) is 5.76 Å². The first kappa shape index (κ1) is 13.3. The van der Waals surface area contributed by atoms with Crippen LogP contribution in [-0.4, -0.2) is 31.7 Å². The number of halogens is 1. The first-order chi connectivity index (χ1) is 10.1. The van der Waals surface area contributed by atoms with Crippen LogP contribution in [0.3, 0.4) is 0 Å². The predicted molar refractivity (Wildman–Crippen MR) is 73.8 cm³/mol. The third-order valence-electron chi connectivity index (χ3n) is 2.69. The van der Waals surface area contributed by atoms with Crippen molar-refractivity contribution >= 4 is 23.2 Å². The van der Waals surface area contributed by atoms with Gasteiger partial charge in [-0.05, 0) is 35.5 Å². The Morgan fingerprint density at radius 1 is 1.38 bits per heavy atom. The summed E-state index contributed by atoms with van der Waals surface area (Å²) in [6.07, 6.45) is 0. The summed E-state index contributed by atoms with van der Waals surface area (Å²) in [6.45, 7) is 1.70. The third-order valence-corrected chi connectivity index (χ3v) is 2.93. The number of nitrogens with one attached hydrogen (secondary N) is 2. The average molecular weight is 305 g/mol. The normalized spacial score (nSPS) is 10.6. The maximum absolute atomic E-state index is 12.1. The van der Waals surface area contributed by atoms with Crippen LogP contribution in [-0.2, 0) is 0 Å². The minimum absolute atomic E-state index is 0.175. The van der Waals surface area contributed by atoms with Crippen molar-refractivity contribution in [1.29, 1.82) is 0 Å². The van der Waals surface area contributed by atoms with Crippen molar-refractivity contribution in [2.45, 2.75) is 6.92 Å². The fraction of sp³-hybridized carbons (Fsp3) is 0.0833. The minimum Gasteiger partial charge on any atom is -0.361 e. The summed E-state index contributed by atoms with van der Waals surface area (Å²) in [5.74, 6) is 0.548. The van der Waals surface area contributed by atoms with Gasteiger partial charge in [0.25, 0.3) is 5.91 Å². The first-order valence-corrected chi connectivity index (χ1v) is 6.29. The number of rotatable bonds is 3. The number of nitrogens with zero attached hydrogens (tertiary/aromatic N) is 4. The van der Waals surface area contributed by atoms with Crippen molar-refractivity contribution in [3.63, 3.8) is 0 Å². The number of H-pyrrole nitrogens is 1. The van der Waals surface area contributed by atoms with Crippen LogP contribution >= 0.6 is 11.6 Å². The molecule has 2 heterocycles. The summed E-state index contributed by atoms with van der Waals surface area (Å²) in [7, 11) is 0. The van der Waals surface area contributed by atoms with E-state index in [2.05, 4.69) is 31.1 Å². The highest BCUT2D eigenvalue weighted by molar-refractivity contribution is 6.31. The van der Waals surface area contributed by atoms with Crippen LogP contribution in [0.25, 0.3) is 11.4 Å². The highest BCUT2D eigenvalue weighted by Crippen LogP contribution is 2.28. The van der Waals surface area contributed by atoms with E-state index in [9.17, 15) is 4.79 Å². The lowest BCUT2D eigenvalue weighted by Gasteiger charge is -2.08. The SMILES string of the molecule is Cc1cc(C(=O)Nc2cc(Cl)ccc2-c2nnn[nH]2)no1. The van der Waals surface area contributed by atoms with E-state index in [4.69, 9.17) is 16.1 Å². The molecule has 0 fully saturated rings. The van der Waals surface area contributed by atoms with E-state index in [1.165, 1.54) is 6.07 Å². The van der Waals surface area contributed by atoms with E-state index >= 15 is 0 Å². The molecule has 106 valence electrons. The van der Waals surface area contributed by atoms with Crippen molar-refractivity contribution in [2.75, 3.05) is 5.32 Å². The number of aromatic nitrogens is 5. The molecule has 9 heteroatoms. The van der Waals surface area contributed by atoms with Gasteiger partial charge in [0.2, 0.25) is 0 Å². The van der Waals surface area contributed by atoms with Gasteiger partial charge < -0.3 is 9.84 Å². The standard InChI is InChI=1S/C12H9ClN6O2/c1-6-4-10(17-21-6)12(20)14-9-5-7(13)2-3-8(9)11-15-18-19-16-11/h2-5H,1H3,(H,14,20)(H,15,16,18,19). The summed E-state index contributed by atoms with van der Waals surface area (Å²) in [5.41, 5.74) is 1.25. The van der Waals surface area contributed by atoms with Crippen molar-refractivity contribution in [1.82, 2.24) is 25.8 Å². The highest BCUT2D eigenvalue weighted by Gasteiger charge is 2.15. The molecular formula is C12H9ClN6O2. The topological polar surface area (TPSA) is 110 Å². The molecule has 2 N–H and O–H groups in total. The van der Waals surface area contributed by atoms with Gasteiger partial charge in [-0.3, -0.25) is 4.79 Å². The zero-order valence-electron chi connectivity index (χ0n) is 10.8. The van der Waals surface area contributed by atoms with E-state index in [-0.39, 0.29) is 5.69 Å². The number of hydrogen-bond donors (Lipinski definition) is 2. The fourth-order valence-electron chi connectivity index (χ4n) is 1.76. The van der Waals surface area contributed by atoms with Crippen LogP contribution in [0.1, 0.15) is 16.2 Å². The molecule has 0 atom stereocenters. The van der Waals surface area contributed by atoms with Crippen molar-refractivity contribution in [2.24, 2.45) is 0 Å². The number of aromatic amines is 1. The number of amides is 1. The molecule has 0 aliphatic rings. The maximum Gasteiger partial charge on any atom is 0.277 e. The Bertz CT molecular complexity index is 783. The first-order valence-electron chi connectivity index (χ1n) is 5.92. The van der Waals surface area contributed by atoms with Gasteiger partial charge in [-0.15, -0.1) is 5.10 Å². The summed E-state index contributed by atoms with van der Waals surface area (Å²) in [5, 5.41) is 20.3. The quantitative estimate of drug-likeness (QED) is 0.766. The van der Waals surface area contributed by atoms with E-state index in [1.807, 2.05) is 0 Å². The molecule has 21 heavy (non-hydrogen) atoms. The van der Waals surface area contributed by atoms with Crippen molar-refractivity contribution in [3.05, 3.63) is 40.7 Å². The minimum atomic E-state index is -0.414. The average Bonchev–Trinajstić information content (AvgIpc) is 3.10. The summed E-state index contributed by atoms with van der Waals surface area (Å²) in [4.78, 5) is 12.1. The van der Waals surface area contributed by atoms with Crippen LogP contribution < -0.4 is 5.32 Å². The van der Waals surface area contributed by atoms with Gasteiger partial charge in [-0.25, -0.2) is 5.10 Å². The van der Waals surface area contributed by atoms with Crippen LogP contribution in [0.15, 0.2) is 28.8 Å². The Morgan fingerprint density at radius 3 is 2.90 bits per heavy atom. The number of carbonyl (C=O) groups excluding carboxylic acids is 1. The summed E-state index contributed by atoms with van der Waals surface area (Å²) >= 11 is 5.96. The Kier molecular flexibility index (Phi) is 3.36. The Morgan fingerprint density at radius 2 is 2.24 bits per heavy atom. The number of aryl methyl sites for hydroxylation is 1. The number of tetrazole rings is 1. The van der Waals surface area contributed by atoms with E-state index < -0.39 is 5.91 Å². The lowest BCUT2D eigenvalue weighted by atomic mass is 10.1. The molecule has 1 amide bonds. The Labute approximate surface area is 123 Å². The largest absolute Gasteiger partial charge is 0.361 e. The highest BCUT2D eigenvalue weighted by atomic mass is 35.5. The molecule has 2 aromatic heterocycles. The molecule has 0 saturated heterocycles. The predicted octanol–water partition coefficient (Wildman–Crippen LogP) is 2.07. The van der Waals surface area contributed by atoms with Gasteiger partial charge >= 0.3 is 0 Å². The van der Waals surface area contributed by atoms with Crippen LogP contribution in [0, 0.1) is 6.92 Å². The molecule has 0 spiro atoms. The van der Waals surface area contributed by atoms with Gasteiger partial charge in [0.05, 0.1) is 5.69 Å². The molecule has 8 nitrogen and oxygen atoms in total. The number of carbonyl (C=O) groups is 1. The van der Waals surface area contributed by atoms with Crippen molar-refractivity contribution < 1.29 is 9.32 Å². The molecule has 1 aromatic carbocycles. The van der Waals surface area contributed by atoms with Gasteiger partial charge in [-0.1, -0.05) is 16.8 Å². The molecular weight excluding hydrogens is 296 g/mol. The second-order valence-electron chi connectivity index (χ2n) is 4.22. The van der Waals surface area contributed by atoms with E-state index in [0.717, 1.165) is 0 Å². The second kappa shape index (κ2) is 5.33. The molecule has 0 aliphatic heterocycles. The lowest BCUT2D eigenvalue weighted by Crippen LogP contribution is -2.13. The molecule has 0 radical (unpaired) electrons. The maximum atomic E-state index is 12.1. The number of hydrogen-bond acceptors (Lipinski definition) is 6. The second-order valence-corrected chi connectivity index (χ2v) is 4.65. The van der Waals surface area contributed by atoms with Gasteiger partial charge in [-0.2, -0.15) is 0 Å². The molecule has 3 aromatic rings. The van der Waals surface area contributed by atoms with Crippen LogP contribution in [0.5, 0.6) is 0 Å². The van der Waals surface area contributed by atoms with E-state index in [1.54, 1.807) is 25.1 Å². The van der Waals surface area contributed by atoms with Crippen molar-refractivity contribution in [3.8, 4) is 11.4 Å². The van der Waals surface area contributed by atoms with Crippen LogP contribution in [0.2, 0.25) is 5.02 Å². The smallest absolute Gasteiger partial charge is 0.277 e. The fourth-order valence-corrected chi connectivity index (χ4v) is 1.93. The summed E-state index contributed by atoms with van der Waals surface area (Å²) in [6, 6.07) is 6.52. The molecule has 0 aliphatic carbocycles. The zero-order chi connectivity index (χ0) is 14.8. The molecule has 0 saturated carbocycles. The molecule has 0 bridgehead atoms. The summed E-state index contributed by atoms with van der Waals surface area (Å²) < 4.78 is 4.87. The third kappa shape index (κ3) is 2.75. The number of benzene rings is 1. The Hall–Kier alpha value is -2.74. The monoisotopic (exact) mass is 304 g/mol. The van der Waals surface area contributed by atoms with Gasteiger partial charge in [0.15, 0.2) is 11.5 Å².